The van der Waals surface area contributed by atoms with Crippen LogP contribution in [0.4, 0.5) is 5.69 Å². The normalized spacial score (nSPS) is 11.9. The lowest BCUT2D eigenvalue weighted by Gasteiger charge is -2.16. The number of hydrogen-bond donors (Lipinski definition) is 1. The summed E-state index contributed by atoms with van der Waals surface area (Å²) in [6, 6.07) is 11.9. The summed E-state index contributed by atoms with van der Waals surface area (Å²) in [6.07, 6.45) is 4.32. The highest BCUT2D eigenvalue weighted by Gasteiger charge is 2.26. The molecule has 1 aromatic carbocycles. The van der Waals surface area contributed by atoms with Crippen molar-refractivity contribution in [2.45, 2.75) is 31.9 Å². The van der Waals surface area contributed by atoms with E-state index < -0.39 is 10.7 Å². The molecule has 2 heterocycles. The molecule has 0 unspecified atom stereocenters. The van der Waals surface area contributed by atoms with Crippen LogP contribution in [-0.4, -0.2) is 40.7 Å². The van der Waals surface area contributed by atoms with E-state index in [0.717, 1.165) is 34.2 Å². The van der Waals surface area contributed by atoms with E-state index in [1.165, 1.54) is 11.8 Å². The first-order valence-electron chi connectivity index (χ1n) is 10.0. The standard InChI is InChI=1S/C24H28N2O4S/c1-16-21(25-22(29-16)17-8-10-18(11-9-17)26(4)5)15-20-13-12-19(30-20)7-6-14-31-24(2,3)23(27)28/h6-13H,14-15H2,1-5H3,(H,27,28). The number of aromatic nitrogens is 1. The Morgan fingerprint density at radius 3 is 2.52 bits per heavy atom. The van der Waals surface area contributed by atoms with Crippen LogP contribution in [0, 0.1) is 6.92 Å². The highest BCUT2D eigenvalue weighted by Crippen LogP contribution is 2.27. The van der Waals surface area contributed by atoms with Crippen molar-refractivity contribution in [1.29, 1.82) is 0 Å². The Bertz CT molecular complexity index is 1060. The number of furan rings is 1. The molecular weight excluding hydrogens is 412 g/mol. The van der Waals surface area contributed by atoms with Gasteiger partial charge in [0, 0.05) is 31.1 Å². The number of nitrogens with zero attached hydrogens (tertiary/aromatic N) is 2. The minimum absolute atomic E-state index is 0.541. The minimum atomic E-state index is -0.817. The maximum atomic E-state index is 11.1. The molecule has 0 fully saturated rings. The number of benzene rings is 1. The first-order chi connectivity index (χ1) is 14.7. The Morgan fingerprint density at radius 2 is 1.87 bits per heavy atom. The van der Waals surface area contributed by atoms with Gasteiger partial charge in [-0.1, -0.05) is 6.08 Å². The minimum Gasteiger partial charge on any atom is -0.480 e. The largest absolute Gasteiger partial charge is 0.480 e. The molecule has 0 amide bonds. The molecule has 31 heavy (non-hydrogen) atoms. The second-order valence-corrected chi connectivity index (χ2v) is 9.62. The Kier molecular flexibility index (Phi) is 6.95. The monoisotopic (exact) mass is 440 g/mol. The van der Waals surface area contributed by atoms with Crippen molar-refractivity contribution in [1.82, 2.24) is 4.98 Å². The summed E-state index contributed by atoms with van der Waals surface area (Å²) >= 11 is 1.37. The summed E-state index contributed by atoms with van der Waals surface area (Å²) in [5, 5.41) is 9.15. The van der Waals surface area contributed by atoms with Crippen LogP contribution in [0.15, 0.2) is 51.3 Å². The Morgan fingerprint density at radius 1 is 1.16 bits per heavy atom. The SMILES string of the molecule is Cc1oc(-c2ccc(N(C)C)cc2)nc1Cc1ccc(C=CCSC(C)(C)C(=O)O)o1. The third kappa shape index (κ3) is 5.82. The van der Waals surface area contributed by atoms with Crippen LogP contribution in [-0.2, 0) is 11.2 Å². The maximum Gasteiger partial charge on any atom is 0.319 e. The lowest BCUT2D eigenvalue weighted by Crippen LogP contribution is -2.27. The molecule has 0 bridgehead atoms. The number of hydrogen-bond acceptors (Lipinski definition) is 6. The van der Waals surface area contributed by atoms with E-state index in [1.54, 1.807) is 13.8 Å². The molecule has 0 spiro atoms. The molecule has 6 nitrogen and oxygen atoms in total. The van der Waals surface area contributed by atoms with Crippen LogP contribution in [0.5, 0.6) is 0 Å². The fourth-order valence-corrected chi connectivity index (χ4v) is 3.58. The van der Waals surface area contributed by atoms with Crippen molar-refractivity contribution < 1.29 is 18.7 Å². The maximum absolute atomic E-state index is 11.1. The number of oxazole rings is 1. The van der Waals surface area contributed by atoms with Gasteiger partial charge in [0.25, 0.3) is 0 Å². The number of rotatable bonds is 9. The molecule has 0 radical (unpaired) electrons. The van der Waals surface area contributed by atoms with E-state index in [4.69, 9.17) is 13.9 Å². The van der Waals surface area contributed by atoms with Crippen molar-refractivity contribution in [3.63, 3.8) is 0 Å². The number of aryl methyl sites for hydroxylation is 1. The van der Waals surface area contributed by atoms with E-state index in [9.17, 15) is 4.79 Å². The Balaban J connectivity index is 1.63. The predicted octanol–water partition coefficient (Wildman–Crippen LogP) is 5.51. The molecule has 7 heteroatoms. The first kappa shape index (κ1) is 22.7. The van der Waals surface area contributed by atoms with Gasteiger partial charge in [-0.2, -0.15) is 0 Å². The number of thioether (sulfide) groups is 1. The number of carboxylic acids is 1. The average Bonchev–Trinajstić information content (AvgIpc) is 3.32. The van der Waals surface area contributed by atoms with Crippen LogP contribution in [0.2, 0.25) is 0 Å². The van der Waals surface area contributed by atoms with E-state index in [2.05, 4.69) is 4.98 Å². The van der Waals surface area contributed by atoms with E-state index in [-0.39, 0.29) is 0 Å². The molecule has 0 aliphatic carbocycles. The number of anilines is 1. The summed E-state index contributed by atoms with van der Waals surface area (Å²) in [5.41, 5.74) is 2.90. The zero-order valence-electron chi connectivity index (χ0n) is 18.5. The van der Waals surface area contributed by atoms with E-state index in [1.807, 2.05) is 74.5 Å². The predicted molar refractivity (Wildman–Crippen MR) is 126 cm³/mol. The summed E-state index contributed by atoms with van der Waals surface area (Å²) in [6.45, 7) is 5.30. The van der Waals surface area contributed by atoms with E-state index >= 15 is 0 Å². The molecule has 1 N–H and O–H groups in total. The van der Waals surface area contributed by atoms with Crippen molar-refractivity contribution in [2.75, 3.05) is 24.7 Å². The van der Waals surface area contributed by atoms with Gasteiger partial charge in [-0.15, -0.1) is 11.8 Å². The van der Waals surface area contributed by atoms with Crippen LogP contribution >= 0.6 is 11.8 Å². The number of aliphatic carboxylic acids is 1. The second kappa shape index (κ2) is 9.47. The molecule has 0 saturated heterocycles. The average molecular weight is 441 g/mol. The van der Waals surface area contributed by atoms with Gasteiger partial charge in [0.15, 0.2) is 0 Å². The first-order valence-corrected chi connectivity index (χ1v) is 11.0. The fourth-order valence-electron chi connectivity index (χ4n) is 2.84. The Hall–Kier alpha value is -2.93. The quantitative estimate of drug-likeness (QED) is 0.470. The van der Waals surface area contributed by atoms with Gasteiger partial charge < -0.3 is 18.8 Å². The van der Waals surface area contributed by atoms with Crippen molar-refractivity contribution in [3.8, 4) is 11.5 Å². The number of carbonyl (C=O) groups is 1. The smallest absolute Gasteiger partial charge is 0.319 e. The molecule has 0 aliphatic heterocycles. The van der Waals surface area contributed by atoms with Gasteiger partial charge in [0.2, 0.25) is 5.89 Å². The van der Waals surface area contributed by atoms with Crippen molar-refractivity contribution in [2.24, 2.45) is 0 Å². The molecular formula is C24H28N2O4S. The lowest BCUT2D eigenvalue weighted by molar-refractivity contribution is -0.138. The summed E-state index contributed by atoms with van der Waals surface area (Å²) in [5.74, 6) is 2.67. The second-order valence-electron chi connectivity index (χ2n) is 7.97. The van der Waals surface area contributed by atoms with Gasteiger partial charge >= 0.3 is 5.97 Å². The fraction of sp³-hybridized carbons (Fsp3) is 0.333. The van der Waals surface area contributed by atoms with Crippen LogP contribution in [0.25, 0.3) is 17.5 Å². The van der Waals surface area contributed by atoms with Crippen LogP contribution in [0.3, 0.4) is 0 Å². The van der Waals surface area contributed by atoms with Gasteiger partial charge in [-0.3, -0.25) is 4.79 Å². The topological polar surface area (TPSA) is 79.7 Å². The zero-order chi connectivity index (χ0) is 22.6. The highest BCUT2D eigenvalue weighted by molar-refractivity contribution is 8.01. The Labute approximate surface area is 187 Å². The lowest BCUT2D eigenvalue weighted by atomic mass is 10.2. The third-order valence-electron chi connectivity index (χ3n) is 4.88. The third-order valence-corrected chi connectivity index (χ3v) is 6.14. The van der Waals surface area contributed by atoms with Gasteiger partial charge in [-0.25, -0.2) is 4.98 Å². The molecule has 0 atom stereocenters. The number of carboxylic acid groups (broad SMARTS) is 1. The molecule has 3 aromatic rings. The summed E-state index contributed by atoms with van der Waals surface area (Å²) in [7, 11) is 4.01. The molecule has 3 rings (SSSR count). The van der Waals surface area contributed by atoms with Crippen LogP contribution < -0.4 is 4.90 Å². The van der Waals surface area contributed by atoms with E-state index in [0.29, 0.717) is 18.1 Å². The van der Waals surface area contributed by atoms with Gasteiger partial charge in [0.1, 0.15) is 22.0 Å². The van der Waals surface area contributed by atoms with Crippen molar-refractivity contribution >= 4 is 29.5 Å². The molecule has 164 valence electrons. The highest BCUT2D eigenvalue weighted by atomic mass is 32.2. The molecule has 0 aliphatic rings. The summed E-state index contributed by atoms with van der Waals surface area (Å²) < 4.78 is 10.9. The van der Waals surface area contributed by atoms with Crippen molar-refractivity contribution in [3.05, 3.63) is 65.4 Å². The van der Waals surface area contributed by atoms with Crippen LogP contribution in [0.1, 0.15) is 36.8 Å². The zero-order valence-corrected chi connectivity index (χ0v) is 19.3. The molecule has 0 saturated carbocycles. The van der Waals surface area contributed by atoms with Gasteiger partial charge in [-0.05, 0) is 63.2 Å². The van der Waals surface area contributed by atoms with Gasteiger partial charge in [0.05, 0.1) is 12.1 Å². The summed E-state index contributed by atoms with van der Waals surface area (Å²) in [4.78, 5) is 17.9. The molecule has 2 aromatic heterocycles.